The highest BCUT2D eigenvalue weighted by Gasteiger charge is 2.15. The Morgan fingerprint density at radius 1 is 1.38 bits per heavy atom. The lowest BCUT2D eigenvalue weighted by molar-refractivity contribution is 0.0938. The van der Waals surface area contributed by atoms with E-state index in [2.05, 4.69) is 36.1 Å². The molecule has 0 aliphatic carbocycles. The summed E-state index contributed by atoms with van der Waals surface area (Å²) in [5, 5.41) is 2.88. The van der Waals surface area contributed by atoms with Gasteiger partial charge in [-0.2, -0.15) is 0 Å². The molecule has 0 bridgehead atoms. The quantitative estimate of drug-likeness (QED) is 0.829. The molecule has 1 rings (SSSR count). The number of carbonyl (C=O) groups is 1. The van der Waals surface area contributed by atoms with E-state index in [-0.39, 0.29) is 11.3 Å². The van der Waals surface area contributed by atoms with Gasteiger partial charge in [-0.25, -0.2) is 9.97 Å². The third kappa shape index (κ3) is 3.61. The molecule has 16 heavy (non-hydrogen) atoms. The molecular weight excluding hydrogens is 202 g/mol. The molecule has 1 N–H and O–H groups in total. The maximum absolute atomic E-state index is 11.8. The largest absolute Gasteiger partial charge is 0.351 e. The molecule has 0 aliphatic rings. The van der Waals surface area contributed by atoms with Crippen LogP contribution in [0.3, 0.4) is 0 Å². The van der Waals surface area contributed by atoms with Gasteiger partial charge in [0, 0.05) is 12.7 Å². The van der Waals surface area contributed by atoms with E-state index in [4.69, 9.17) is 0 Å². The average Bonchev–Trinajstić information content (AvgIpc) is 2.13. The molecule has 1 aromatic rings. The first-order valence-electron chi connectivity index (χ1n) is 5.38. The Balaban J connectivity index is 2.74. The first-order chi connectivity index (χ1) is 7.29. The fraction of sp³-hybridized carbons (Fsp3) is 0.583. The smallest absolute Gasteiger partial charge is 0.254 e. The predicted molar refractivity (Wildman–Crippen MR) is 63.3 cm³/mol. The molecule has 0 radical (unpaired) electrons. The SMILES string of the molecule is Cc1ncc(C(=O)NCC(C)(C)C)c(C)n1. The molecule has 4 nitrogen and oxygen atoms in total. The second kappa shape index (κ2) is 4.60. The summed E-state index contributed by atoms with van der Waals surface area (Å²) < 4.78 is 0. The van der Waals surface area contributed by atoms with Gasteiger partial charge in [-0.05, 0) is 19.3 Å². The number of amides is 1. The Kier molecular flexibility index (Phi) is 3.62. The van der Waals surface area contributed by atoms with Gasteiger partial charge in [0.25, 0.3) is 5.91 Å². The Morgan fingerprint density at radius 3 is 2.50 bits per heavy atom. The third-order valence-electron chi connectivity index (χ3n) is 2.12. The second-order valence-corrected chi connectivity index (χ2v) is 5.16. The van der Waals surface area contributed by atoms with E-state index in [9.17, 15) is 4.79 Å². The topological polar surface area (TPSA) is 54.9 Å². The highest BCUT2D eigenvalue weighted by molar-refractivity contribution is 5.94. The standard InChI is InChI=1S/C12H19N3O/c1-8-10(6-13-9(2)15-8)11(16)14-7-12(3,4)5/h6H,7H2,1-5H3,(H,14,16). The summed E-state index contributed by atoms with van der Waals surface area (Å²) in [7, 11) is 0. The molecule has 1 aromatic heterocycles. The van der Waals surface area contributed by atoms with Gasteiger partial charge in [-0.1, -0.05) is 20.8 Å². The van der Waals surface area contributed by atoms with Gasteiger partial charge in [0.1, 0.15) is 5.82 Å². The lowest BCUT2D eigenvalue weighted by Gasteiger charge is -2.18. The van der Waals surface area contributed by atoms with Crippen molar-refractivity contribution in [3.05, 3.63) is 23.3 Å². The minimum Gasteiger partial charge on any atom is -0.351 e. The van der Waals surface area contributed by atoms with Crippen LogP contribution in [-0.4, -0.2) is 22.4 Å². The number of carbonyl (C=O) groups excluding carboxylic acids is 1. The van der Waals surface area contributed by atoms with E-state index in [1.54, 1.807) is 6.20 Å². The lowest BCUT2D eigenvalue weighted by Crippen LogP contribution is -2.32. The van der Waals surface area contributed by atoms with Crippen LogP contribution in [0.5, 0.6) is 0 Å². The summed E-state index contributed by atoms with van der Waals surface area (Å²) in [5.41, 5.74) is 1.35. The Hall–Kier alpha value is -1.45. The highest BCUT2D eigenvalue weighted by atomic mass is 16.1. The van der Waals surface area contributed by atoms with Crippen molar-refractivity contribution in [2.75, 3.05) is 6.54 Å². The van der Waals surface area contributed by atoms with Crippen LogP contribution >= 0.6 is 0 Å². The highest BCUT2D eigenvalue weighted by Crippen LogP contribution is 2.11. The summed E-state index contributed by atoms with van der Waals surface area (Å²) in [5.74, 6) is 0.581. The van der Waals surface area contributed by atoms with Gasteiger partial charge < -0.3 is 5.32 Å². The normalized spacial score (nSPS) is 11.3. The number of aryl methyl sites for hydroxylation is 2. The first-order valence-corrected chi connectivity index (χ1v) is 5.38. The van der Waals surface area contributed by atoms with Crippen molar-refractivity contribution in [2.45, 2.75) is 34.6 Å². The van der Waals surface area contributed by atoms with Gasteiger partial charge in [0.15, 0.2) is 0 Å². The van der Waals surface area contributed by atoms with Gasteiger partial charge in [-0.3, -0.25) is 4.79 Å². The summed E-state index contributed by atoms with van der Waals surface area (Å²) >= 11 is 0. The maximum atomic E-state index is 11.8. The molecule has 0 aromatic carbocycles. The van der Waals surface area contributed by atoms with E-state index < -0.39 is 0 Å². The van der Waals surface area contributed by atoms with Crippen LogP contribution in [0, 0.1) is 19.3 Å². The molecule has 0 spiro atoms. The van der Waals surface area contributed by atoms with Crippen LogP contribution in [0.15, 0.2) is 6.20 Å². The molecule has 0 unspecified atom stereocenters. The zero-order valence-corrected chi connectivity index (χ0v) is 10.6. The van der Waals surface area contributed by atoms with E-state index in [1.165, 1.54) is 0 Å². The van der Waals surface area contributed by atoms with Crippen molar-refractivity contribution in [1.82, 2.24) is 15.3 Å². The minimum absolute atomic E-state index is 0.0785. The monoisotopic (exact) mass is 221 g/mol. The van der Waals surface area contributed by atoms with Crippen molar-refractivity contribution in [2.24, 2.45) is 5.41 Å². The van der Waals surface area contributed by atoms with Crippen LogP contribution in [0.4, 0.5) is 0 Å². The van der Waals surface area contributed by atoms with Gasteiger partial charge >= 0.3 is 0 Å². The molecule has 0 saturated heterocycles. The minimum atomic E-state index is -0.104. The summed E-state index contributed by atoms with van der Waals surface area (Å²) in [6.45, 7) is 10.5. The molecule has 88 valence electrons. The number of hydrogen-bond donors (Lipinski definition) is 1. The number of aromatic nitrogens is 2. The first kappa shape index (κ1) is 12.6. The Morgan fingerprint density at radius 2 is 2.00 bits per heavy atom. The summed E-state index contributed by atoms with van der Waals surface area (Å²) in [6, 6.07) is 0. The fourth-order valence-electron chi connectivity index (χ4n) is 1.25. The van der Waals surface area contributed by atoms with Gasteiger partial charge in [0.05, 0.1) is 11.3 Å². The predicted octanol–water partition coefficient (Wildman–Crippen LogP) is 1.87. The van der Waals surface area contributed by atoms with Gasteiger partial charge in [0.2, 0.25) is 0 Å². The Bertz CT molecular complexity index is 394. The number of rotatable bonds is 2. The van der Waals surface area contributed by atoms with E-state index >= 15 is 0 Å². The average molecular weight is 221 g/mol. The fourth-order valence-corrected chi connectivity index (χ4v) is 1.25. The third-order valence-corrected chi connectivity index (χ3v) is 2.12. The van der Waals surface area contributed by atoms with Gasteiger partial charge in [-0.15, -0.1) is 0 Å². The van der Waals surface area contributed by atoms with Crippen LogP contribution < -0.4 is 5.32 Å². The van der Waals surface area contributed by atoms with Crippen molar-refractivity contribution in [1.29, 1.82) is 0 Å². The summed E-state index contributed by atoms with van der Waals surface area (Å²) in [4.78, 5) is 20.0. The number of nitrogens with one attached hydrogen (secondary N) is 1. The molecule has 0 fully saturated rings. The van der Waals surface area contributed by atoms with Crippen molar-refractivity contribution < 1.29 is 4.79 Å². The van der Waals surface area contributed by atoms with E-state index in [1.807, 2.05) is 13.8 Å². The molecule has 0 atom stereocenters. The molecule has 0 saturated carbocycles. The van der Waals surface area contributed by atoms with Crippen molar-refractivity contribution in [3.63, 3.8) is 0 Å². The van der Waals surface area contributed by atoms with E-state index in [0.717, 1.165) is 5.69 Å². The van der Waals surface area contributed by atoms with Crippen LogP contribution in [-0.2, 0) is 0 Å². The number of hydrogen-bond acceptors (Lipinski definition) is 3. The van der Waals surface area contributed by atoms with Crippen molar-refractivity contribution in [3.8, 4) is 0 Å². The van der Waals surface area contributed by atoms with Crippen LogP contribution in [0.1, 0.15) is 42.6 Å². The van der Waals surface area contributed by atoms with E-state index in [0.29, 0.717) is 17.9 Å². The second-order valence-electron chi connectivity index (χ2n) is 5.16. The molecular formula is C12H19N3O. The summed E-state index contributed by atoms with van der Waals surface area (Å²) in [6.07, 6.45) is 1.58. The zero-order chi connectivity index (χ0) is 12.3. The maximum Gasteiger partial charge on any atom is 0.254 e. The van der Waals surface area contributed by atoms with Crippen LogP contribution in [0.2, 0.25) is 0 Å². The van der Waals surface area contributed by atoms with Crippen molar-refractivity contribution >= 4 is 5.91 Å². The molecule has 1 amide bonds. The Labute approximate surface area is 96.5 Å². The molecule has 1 heterocycles. The lowest BCUT2D eigenvalue weighted by atomic mass is 9.97. The molecule has 4 heteroatoms. The van der Waals surface area contributed by atoms with Crippen LogP contribution in [0.25, 0.3) is 0 Å². The number of nitrogens with zero attached hydrogens (tertiary/aromatic N) is 2. The zero-order valence-electron chi connectivity index (χ0n) is 10.6. The molecule has 0 aliphatic heterocycles.